The van der Waals surface area contributed by atoms with Gasteiger partial charge in [-0.05, 0) is 32.0 Å². The molecule has 0 radical (unpaired) electrons. The van der Waals surface area contributed by atoms with E-state index in [1.165, 1.54) is 6.42 Å². The van der Waals surface area contributed by atoms with Crippen LogP contribution in [0, 0.1) is 6.92 Å². The van der Waals surface area contributed by atoms with E-state index in [-0.39, 0.29) is 0 Å². The molecule has 1 fully saturated rings. The van der Waals surface area contributed by atoms with E-state index in [1.54, 1.807) is 0 Å². The molecule has 1 saturated heterocycles. The zero-order chi connectivity index (χ0) is 9.80. The third kappa shape index (κ3) is 2.23. The SMILES string of the molecule is Cc1cccc(N2CCCNCC2)n1. The van der Waals surface area contributed by atoms with E-state index < -0.39 is 0 Å². The normalized spacial score (nSPS) is 17.9. The molecule has 0 spiro atoms. The van der Waals surface area contributed by atoms with Crippen molar-refractivity contribution in [2.75, 3.05) is 31.1 Å². The molecule has 1 aromatic heterocycles. The van der Waals surface area contributed by atoms with Crippen LogP contribution >= 0.6 is 0 Å². The molecule has 0 bridgehead atoms. The van der Waals surface area contributed by atoms with Crippen LogP contribution < -0.4 is 10.2 Å². The van der Waals surface area contributed by atoms with Gasteiger partial charge in [0.15, 0.2) is 0 Å². The first-order valence-electron chi connectivity index (χ1n) is 5.25. The molecule has 0 aliphatic carbocycles. The van der Waals surface area contributed by atoms with Crippen molar-refractivity contribution < 1.29 is 0 Å². The quantitative estimate of drug-likeness (QED) is 0.722. The van der Waals surface area contributed by atoms with Gasteiger partial charge >= 0.3 is 0 Å². The first-order valence-corrected chi connectivity index (χ1v) is 5.25. The smallest absolute Gasteiger partial charge is 0.128 e. The van der Waals surface area contributed by atoms with Gasteiger partial charge in [-0.15, -0.1) is 0 Å². The van der Waals surface area contributed by atoms with Crippen molar-refractivity contribution >= 4 is 5.82 Å². The van der Waals surface area contributed by atoms with Crippen LogP contribution in [0.4, 0.5) is 5.82 Å². The van der Waals surface area contributed by atoms with E-state index in [0.29, 0.717) is 0 Å². The Morgan fingerprint density at radius 2 is 2.21 bits per heavy atom. The summed E-state index contributed by atoms with van der Waals surface area (Å²) in [6.45, 7) is 6.41. The molecule has 1 N–H and O–H groups in total. The molecule has 0 amide bonds. The molecule has 1 aliphatic heterocycles. The van der Waals surface area contributed by atoms with E-state index >= 15 is 0 Å². The zero-order valence-electron chi connectivity index (χ0n) is 8.66. The molecule has 14 heavy (non-hydrogen) atoms. The first-order chi connectivity index (χ1) is 6.86. The summed E-state index contributed by atoms with van der Waals surface area (Å²) >= 11 is 0. The highest BCUT2D eigenvalue weighted by Crippen LogP contribution is 2.11. The summed E-state index contributed by atoms with van der Waals surface area (Å²) < 4.78 is 0. The van der Waals surface area contributed by atoms with Gasteiger partial charge in [-0.2, -0.15) is 0 Å². The monoisotopic (exact) mass is 191 g/mol. The first kappa shape index (κ1) is 9.46. The van der Waals surface area contributed by atoms with Gasteiger partial charge in [0.05, 0.1) is 0 Å². The van der Waals surface area contributed by atoms with Gasteiger partial charge in [0, 0.05) is 25.3 Å². The summed E-state index contributed by atoms with van der Waals surface area (Å²) in [7, 11) is 0. The Balaban J connectivity index is 2.12. The second-order valence-corrected chi connectivity index (χ2v) is 3.73. The summed E-state index contributed by atoms with van der Waals surface area (Å²) in [6, 6.07) is 6.22. The lowest BCUT2D eigenvalue weighted by Crippen LogP contribution is -2.28. The minimum atomic E-state index is 1.07. The van der Waals surface area contributed by atoms with Crippen molar-refractivity contribution in [1.82, 2.24) is 10.3 Å². The second-order valence-electron chi connectivity index (χ2n) is 3.73. The van der Waals surface area contributed by atoms with Crippen LogP contribution in [0.1, 0.15) is 12.1 Å². The molecule has 0 atom stereocenters. The third-order valence-corrected chi connectivity index (χ3v) is 2.54. The summed E-state index contributed by atoms with van der Waals surface area (Å²) in [5, 5.41) is 3.39. The highest BCUT2D eigenvalue weighted by molar-refractivity contribution is 5.39. The molecule has 0 saturated carbocycles. The maximum atomic E-state index is 4.54. The Kier molecular flexibility index (Phi) is 2.99. The van der Waals surface area contributed by atoms with Crippen LogP contribution in [0.15, 0.2) is 18.2 Å². The minimum absolute atomic E-state index is 1.07. The average molecular weight is 191 g/mol. The van der Waals surface area contributed by atoms with Crippen molar-refractivity contribution in [3.63, 3.8) is 0 Å². The van der Waals surface area contributed by atoms with Crippen LogP contribution in [0.25, 0.3) is 0 Å². The van der Waals surface area contributed by atoms with Crippen molar-refractivity contribution in [1.29, 1.82) is 0 Å². The molecule has 1 aliphatic rings. The Labute approximate surface area is 85.1 Å². The van der Waals surface area contributed by atoms with Gasteiger partial charge in [-0.3, -0.25) is 0 Å². The molecule has 0 unspecified atom stereocenters. The summed E-state index contributed by atoms with van der Waals surface area (Å²) in [5.74, 6) is 1.12. The van der Waals surface area contributed by atoms with E-state index in [2.05, 4.69) is 27.3 Å². The summed E-state index contributed by atoms with van der Waals surface area (Å²) in [6.07, 6.45) is 1.20. The summed E-state index contributed by atoms with van der Waals surface area (Å²) in [4.78, 5) is 6.89. The van der Waals surface area contributed by atoms with Crippen molar-refractivity contribution in [3.8, 4) is 0 Å². The molecule has 2 heterocycles. The number of rotatable bonds is 1. The van der Waals surface area contributed by atoms with Crippen LogP contribution in [0.3, 0.4) is 0 Å². The molecular formula is C11H17N3. The number of pyridine rings is 1. The molecule has 3 nitrogen and oxygen atoms in total. The number of nitrogens with one attached hydrogen (secondary N) is 1. The molecule has 0 aromatic carbocycles. The maximum Gasteiger partial charge on any atom is 0.128 e. The van der Waals surface area contributed by atoms with Gasteiger partial charge in [-0.25, -0.2) is 4.98 Å². The molecule has 3 heteroatoms. The predicted octanol–water partition coefficient (Wildman–Crippen LogP) is 1.19. The average Bonchev–Trinajstić information content (AvgIpc) is 2.45. The van der Waals surface area contributed by atoms with Crippen LogP contribution in [0.2, 0.25) is 0 Å². The molecular weight excluding hydrogens is 174 g/mol. The van der Waals surface area contributed by atoms with Gasteiger partial charge < -0.3 is 10.2 Å². The number of hydrogen-bond donors (Lipinski definition) is 1. The lowest BCUT2D eigenvalue weighted by atomic mass is 10.3. The van der Waals surface area contributed by atoms with Gasteiger partial charge in [-0.1, -0.05) is 6.07 Å². The third-order valence-electron chi connectivity index (χ3n) is 2.54. The lowest BCUT2D eigenvalue weighted by Gasteiger charge is -2.21. The van der Waals surface area contributed by atoms with Gasteiger partial charge in [0.2, 0.25) is 0 Å². The van der Waals surface area contributed by atoms with E-state index in [9.17, 15) is 0 Å². The predicted molar refractivity (Wildman–Crippen MR) is 58.7 cm³/mol. The number of aryl methyl sites for hydroxylation is 1. The Morgan fingerprint density at radius 3 is 3.07 bits per heavy atom. The maximum absolute atomic E-state index is 4.54. The van der Waals surface area contributed by atoms with E-state index in [0.717, 1.165) is 37.7 Å². The highest BCUT2D eigenvalue weighted by atomic mass is 15.2. The fourth-order valence-electron chi connectivity index (χ4n) is 1.78. The standard InChI is InChI=1S/C11H17N3/c1-10-4-2-5-11(13-10)14-8-3-6-12-7-9-14/h2,4-5,12H,3,6-9H2,1H3. The van der Waals surface area contributed by atoms with E-state index in [1.807, 2.05) is 13.0 Å². The fourth-order valence-corrected chi connectivity index (χ4v) is 1.78. The molecule has 2 rings (SSSR count). The number of anilines is 1. The zero-order valence-corrected chi connectivity index (χ0v) is 8.66. The largest absolute Gasteiger partial charge is 0.355 e. The molecule has 1 aromatic rings. The molecule has 76 valence electrons. The highest BCUT2D eigenvalue weighted by Gasteiger charge is 2.09. The Bertz CT molecular complexity index is 290. The number of hydrogen-bond acceptors (Lipinski definition) is 3. The number of nitrogens with zero attached hydrogens (tertiary/aromatic N) is 2. The lowest BCUT2D eigenvalue weighted by molar-refractivity contribution is 0.724. The van der Waals surface area contributed by atoms with Crippen LogP contribution in [-0.2, 0) is 0 Å². The fraction of sp³-hybridized carbons (Fsp3) is 0.545. The topological polar surface area (TPSA) is 28.2 Å². The van der Waals surface area contributed by atoms with Gasteiger partial charge in [0.1, 0.15) is 5.82 Å². The van der Waals surface area contributed by atoms with Crippen molar-refractivity contribution in [2.45, 2.75) is 13.3 Å². The number of aromatic nitrogens is 1. The van der Waals surface area contributed by atoms with Gasteiger partial charge in [0.25, 0.3) is 0 Å². The second kappa shape index (κ2) is 4.42. The van der Waals surface area contributed by atoms with Crippen molar-refractivity contribution in [3.05, 3.63) is 23.9 Å². The summed E-state index contributed by atoms with van der Waals surface area (Å²) in [5.41, 5.74) is 1.10. The van der Waals surface area contributed by atoms with Crippen LogP contribution in [0.5, 0.6) is 0 Å². The Hall–Kier alpha value is -1.09. The van der Waals surface area contributed by atoms with E-state index in [4.69, 9.17) is 0 Å². The Morgan fingerprint density at radius 1 is 1.29 bits per heavy atom. The van der Waals surface area contributed by atoms with Crippen LogP contribution in [-0.4, -0.2) is 31.2 Å². The minimum Gasteiger partial charge on any atom is -0.355 e. The van der Waals surface area contributed by atoms with Crippen molar-refractivity contribution in [2.24, 2.45) is 0 Å².